The van der Waals surface area contributed by atoms with Gasteiger partial charge in [-0.15, -0.1) is 5.54 Å². The number of hydrogen-bond acceptors (Lipinski definition) is 2. The zero-order chi connectivity index (χ0) is 23.5. The molecule has 0 spiro atoms. The number of rotatable bonds is 4. The molecule has 0 bridgehead atoms. The molecule has 2 aliphatic carbocycles. The number of hydrogen-bond donors (Lipinski definition) is 0. The molecule has 1 unspecified atom stereocenters. The van der Waals surface area contributed by atoms with Crippen LogP contribution < -0.4 is 0 Å². The Hall–Kier alpha value is -3.06. The largest absolute Gasteiger partial charge is 0.196 e. The Morgan fingerprint density at radius 1 is 0.906 bits per heavy atom. The van der Waals surface area contributed by atoms with Crippen LogP contribution >= 0.6 is 0 Å². The van der Waals surface area contributed by atoms with Crippen molar-refractivity contribution >= 4 is 13.6 Å². The highest BCUT2D eigenvalue weighted by atomic mass is 28.3. The molecule has 1 aromatic carbocycles. The molecule has 2 aliphatic rings. The lowest BCUT2D eigenvalue weighted by molar-refractivity contribution is 0.577. The van der Waals surface area contributed by atoms with Crippen molar-refractivity contribution in [3.05, 3.63) is 77.4 Å². The van der Waals surface area contributed by atoms with Gasteiger partial charge in [0.2, 0.25) is 0 Å². The number of benzene rings is 1. The van der Waals surface area contributed by atoms with E-state index in [4.69, 9.17) is 0 Å². The third-order valence-electron chi connectivity index (χ3n) is 7.20. The molecule has 0 saturated heterocycles. The van der Waals surface area contributed by atoms with Crippen molar-refractivity contribution in [2.24, 2.45) is 11.3 Å². The van der Waals surface area contributed by atoms with Gasteiger partial charge in [-0.3, -0.25) is 0 Å². The molecule has 3 rings (SSSR count). The average molecular weight is 437 g/mol. The maximum Gasteiger partial charge on any atom is 0.179 e. The van der Waals surface area contributed by atoms with Crippen molar-refractivity contribution in [3.63, 3.8) is 0 Å². The Labute approximate surface area is 194 Å². The molecule has 0 heterocycles. The fraction of sp³-hybridized carbons (Fsp3) is 0.379. The highest BCUT2D eigenvalue weighted by Crippen LogP contribution is 2.52. The molecule has 0 fully saturated rings. The van der Waals surface area contributed by atoms with Gasteiger partial charge in [0.1, 0.15) is 8.07 Å². The molecule has 32 heavy (non-hydrogen) atoms. The van der Waals surface area contributed by atoms with Gasteiger partial charge in [-0.05, 0) is 39.4 Å². The molecule has 3 heteroatoms. The van der Waals surface area contributed by atoms with Crippen LogP contribution in [0.3, 0.4) is 0 Å². The lowest BCUT2D eigenvalue weighted by atomic mass is 9.72. The predicted molar refractivity (Wildman–Crippen MR) is 136 cm³/mol. The van der Waals surface area contributed by atoms with Crippen LogP contribution in [0.25, 0.3) is 5.57 Å². The normalized spacial score (nSPS) is 19.2. The molecule has 1 aromatic rings. The van der Waals surface area contributed by atoms with Crippen molar-refractivity contribution in [1.82, 2.24) is 0 Å². The molecule has 0 aliphatic heterocycles. The van der Waals surface area contributed by atoms with E-state index in [-0.39, 0.29) is 5.92 Å². The first-order chi connectivity index (χ1) is 15.2. The minimum Gasteiger partial charge on any atom is -0.196 e. The summed E-state index contributed by atoms with van der Waals surface area (Å²) < 4.78 is 0. The van der Waals surface area contributed by atoms with Crippen LogP contribution in [-0.4, -0.2) is 8.07 Å². The highest BCUT2D eigenvalue weighted by Gasteiger charge is 2.49. The number of allylic oxidation sites excluding steroid dienone is 8. The summed E-state index contributed by atoms with van der Waals surface area (Å²) in [5, 5.41) is 20.4. The minimum absolute atomic E-state index is 0.333. The molecule has 1 atom stereocenters. The smallest absolute Gasteiger partial charge is 0.179 e. The average Bonchev–Trinajstić information content (AvgIpc) is 2.92. The summed E-state index contributed by atoms with van der Waals surface area (Å²) in [4.78, 5) is 0. The van der Waals surface area contributed by atoms with Gasteiger partial charge >= 0.3 is 0 Å². The summed E-state index contributed by atoms with van der Waals surface area (Å²) in [5.74, 6) is 3.18. The van der Waals surface area contributed by atoms with Crippen LogP contribution in [0.5, 0.6) is 0 Å². The second-order valence-corrected chi connectivity index (χ2v) is 15.3. The van der Waals surface area contributed by atoms with Gasteiger partial charge in [-0.25, -0.2) is 0 Å². The monoisotopic (exact) mass is 436 g/mol. The van der Waals surface area contributed by atoms with Gasteiger partial charge in [0.15, 0.2) is 5.41 Å². The lowest BCUT2D eigenvalue weighted by Crippen LogP contribution is -2.43. The summed E-state index contributed by atoms with van der Waals surface area (Å²) in [6.07, 6.45) is 10.1. The highest BCUT2D eigenvalue weighted by molar-refractivity contribution is 6.90. The van der Waals surface area contributed by atoms with Crippen molar-refractivity contribution in [1.29, 1.82) is 10.5 Å². The number of nitriles is 2. The van der Waals surface area contributed by atoms with Gasteiger partial charge in [0.05, 0.1) is 12.1 Å². The maximum atomic E-state index is 10.2. The minimum atomic E-state index is -1.88. The first-order valence-corrected chi connectivity index (χ1v) is 13.7. The van der Waals surface area contributed by atoms with E-state index in [0.29, 0.717) is 16.6 Å². The van der Waals surface area contributed by atoms with E-state index >= 15 is 0 Å². The molecule has 0 aromatic heterocycles. The Balaban J connectivity index is 2.11. The predicted octanol–water partition coefficient (Wildman–Crippen LogP) is 7.38. The van der Waals surface area contributed by atoms with E-state index in [1.165, 1.54) is 0 Å². The third-order valence-corrected chi connectivity index (χ3v) is 13.5. The summed E-state index contributed by atoms with van der Waals surface area (Å²) in [6.45, 7) is 13.8. The Morgan fingerprint density at radius 3 is 2.03 bits per heavy atom. The van der Waals surface area contributed by atoms with Crippen LogP contribution in [0.15, 0.2) is 71.9 Å². The van der Waals surface area contributed by atoms with E-state index in [9.17, 15) is 10.5 Å². The van der Waals surface area contributed by atoms with Gasteiger partial charge in [-0.2, -0.15) is 10.5 Å². The van der Waals surface area contributed by atoms with Crippen LogP contribution in [-0.2, 0) is 0 Å². The Kier molecular flexibility index (Phi) is 6.78. The first-order valence-electron chi connectivity index (χ1n) is 11.5. The fourth-order valence-corrected chi connectivity index (χ4v) is 10.8. The number of nitrogens with zero attached hydrogens (tertiary/aromatic N) is 2. The van der Waals surface area contributed by atoms with E-state index in [2.05, 4.69) is 65.1 Å². The van der Waals surface area contributed by atoms with Gasteiger partial charge in [0, 0.05) is 11.5 Å². The third kappa shape index (κ3) is 3.81. The Bertz CT molecular complexity index is 1100. The van der Waals surface area contributed by atoms with Crippen molar-refractivity contribution < 1.29 is 0 Å². The molecular weight excluding hydrogens is 404 g/mol. The molecule has 0 N–H and O–H groups in total. The Morgan fingerprint density at radius 2 is 1.50 bits per heavy atom. The molecule has 162 valence electrons. The second-order valence-electron chi connectivity index (χ2n) is 9.73. The van der Waals surface area contributed by atoms with Crippen LogP contribution in [0, 0.1) is 45.5 Å². The fourth-order valence-electron chi connectivity index (χ4n) is 5.57. The standard InChI is InChI=1S/C29H32N2Si/c1-21(2)32(22(3)4,23(5)6)16-15-24-11-10-14-26-18-28(25-12-8-7-9-13-25)29(19-30,20-31)27(26)17-24/h7-14,17-18,21-23,27H,1-6H3. The van der Waals surface area contributed by atoms with Crippen molar-refractivity contribution in [3.8, 4) is 23.6 Å². The van der Waals surface area contributed by atoms with Crippen molar-refractivity contribution in [2.75, 3.05) is 0 Å². The quantitative estimate of drug-likeness (QED) is 0.365. The summed E-state index contributed by atoms with van der Waals surface area (Å²) in [7, 11) is -1.88. The van der Waals surface area contributed by atoms with E-state index in [1.807, 2.05) is 60.7 Å². The zero-order valence-electron chi connectivity index (χ0n) is 20.0. The first kappa shape index (κ1) is 23.6. The summed E-state index contributed by atoms with van der Waals surface area (Å²) in [5.41, 5.74) is 7.75. The molecule has 0 amide bonds. The molecule has 2 nitrogen and oxygen atoms in total. The molecular formula is C29H32N2Si. The van der Waals surface area contributed by atoms with Crippen LogP contribution in [0.2, 0.25) is 16.6 Å². The van der Waals surface area contributed by atoms with Gasteiger partial charge in [-0.1, -0.05) is 102 Å². The second kappa shape index (κ2) is 9.20. The zero-order valence-corrected chi connectivity index (χ0v) is 21.0. The molecule has 0 saturated carbocycles. The van der Waals surface area contributed by atoms with E-state index in [1.54, 1.807) is 0 Å². The van der Waals surface area contributed by atoms with E-state index < -0.39 is 13.5 Å². The number of fused-ring (bicyclic) bond motifs is 1. The molecule has 0 radical (unpaired) electrons. The topological polar surface area (TPSA) is 47.6 Å². The van der Waals surface area contributed by atoms with Crippen molar-refractivity contribution in [2.45, 2.75) is 58.2 Å². The lowest BCUT2D eigenvalue weighted by Gasteiger charge is -2.38. The maximum absolute atomic E-state index is 10.2. The van der Waals surface area contributed by atoms with Crippen LogP contribution in [0.1, 0.15) is 47.1 Å². The summed E-state index contributed by atoms with van der Waals surface area (Å²) >= 11 is 0. The summed E-state index contributed by atoms with van der Waals surface area (Å²) in [6, 6.07) is 14.5. The van der Waals surface area contributed by atoms with Gasteiger partial charge < -0.3 is 0 Å². The SMILES string of the molecule is CC(C)[Si](C#CC1=CC2C(=CC=C1)C=C(c1ccccc1)C2(C#N)C#N)(C(C)C)C(C)C. The van der Waals surface area contributed by atoms with Gasteiger partial charge in [0.25, 0.3) is 0 Å². The van der Waals surface area contributed by atoms with Crippen LogP contribution in [0.4, 0.5) is 0 Å². The van der Waals surface area contributed by atoms with E-state index in [0.717, 1.165) is 22.3 Å².